The van der Waals surface area contributed by atoms with Crippen molar-refractivity contribution in [2.75, 3.05) is 6.26 Å². The molecule has 0 aliphatic carbocycles. The maximum atomic E-state index is 12.8. The molecule has 0 bridgehead atoms. The minimum absolute atomic E-state index is 0.119. The Morgan fingerprint density at radius 3 is 2.56 bits per heavy atom. The second-order valence-corrected chi connectivity index (χ2v) is 4.84. The van der Waals surface area contributed by atoms with Gasteiger partial charge in [0.1, 0.15) is 12.1 Å². The van der Waals surface area contributed by atoms with Gasteiger partial charge in [-0.1, -0.05) is 0 Å². The standard InChI is InChI=1S/C11H9FN2O3S/c1-18(17)10-6-9(11(15)16)14(13-10)8-4-2-7(12)3-5-8/h2-6H,1H3,(H,15,16). The summed E-state index contributed by atoms with van der Waals surface area (Å²) in [7, 11) is 0. The minimum Gasteiger partial charge on any atom is -0.610 e. The lowest BCUT2D eigenvalue weighted by Gasteiger charge is -2.03. The molecule has 0 saturated carbocycles. The molecule has 94 valence electrons. The van der Waals surface area contributed by atoms with Gasteiger partial charge in [-0.3, -0.25) is 0 Å². The fourth-order valence-corrected chi connectivity index (χ4v) is 1.91. The van der Waals surface area contributed by atoms with Gasteiger partial charge in [0.05, 0.1) is 5.69 Å². The van der Waals surface area contributed by atoms with E-state index in [1.807, 2.05) is 0 Å². The lowest BCUT2D eigenvalue weighted by atomic mass is 10.3. The van der Waals surface area contributed by atoms with Crippen LogP contribution in [0.3, 0.4) is 0 Å². The van der Waals surface area contributed by atoms with Gasteiger partial charge in [0.15, 0.2) is 5.69 Å². The molecule has 7 heteroatoms. The van der Waals surface area contributed by atoms with Crippen LogP contribution in [0.25, 0.3) is 5.69 Å². The number of halogens is 1. The molecule has 18 heavy (non-hydrogen) atoms. The van der Waals surface area contributed by atoms with Crippen LogP contribution in [0.2, 0.25) is 0 Å². The van der Waals surface area contributed by atoms with Gasteiger partial charge in [0, 0.05) is 17.2 Å². The van der Waals surface area contributed by atoms with E-state index in [0.29, 0.717) is 5.69 Å². The van der Waals surface area contributed by atoms with Gasteiger partial charge in [0.2, 0.25) is 0 Å². The maximum Gasteiger partial charge on any atom is 0.354 e. The fraction of sp³-hybridized carbons (Fsp3) is 0.0909. The van der Waals surface area contributed by atoms with Crippen molar-refractivity contribution in [2.24, 2.45) is 0 Å². The lowest BCUT2D eigenvalue weighted by Crippen LogP contribution is -2.08. The van der Waals surface area contributed by atoms with Crippen LogP contribution >= 0.6 is 0 Å². The van der Waals surface area contributed by atoms with E-state index in [2.05, 4.69) is 5.10 Å². The van der Waals surface area contributed by atoms with Crippen molar-refractivity contribution in [3.05, 3.63) is 41.8 Å². The second kappa shape index (κ2) is 4.79. The summed E-state index contributed by atoms with van der Waals surface area (Å²) in [5, 5.41) is 13.2. The molecule has 2 rings (SSSR count). The highest BCUT2D eigenvalue weighted by Gasteiger charge is 2.20. The van der Waals surface area contributed by atoms with E-state index in [4.69, 9.17) is 5.11 Å². The smallest absolute Gasteiger partial charge is 0.354 e. The quantitative estimate of drug-likeness (QED) is 0.854. The molecule has 0 spiro atoms. The SMILES string of the molecule is C[S+]([O-])c1cc(C(=O)O)n(-c2ccc(F)cc2)n1. The summed E-state index contributed by atoms with van der Waals surface area (Å²) in [6, 6.07) is 6.44. The predicted octanol–water partition coefficient (Wildman–Crippen LogP) is 1.45. The topological polar surface area (TPSA) is 78.2 Å². The molecule has 5 nitrogen and oxygen atoms in total. The molecule has 0 radical (unpaired) electrons. The van der Waals surface area contributed by atoms with E-state index >= 15 is 0 Å². The number of hydrogen-bond donors (Lipinski definition) is 1. The highest BCUT2D eigenvalue weighted by atomic mass is 32.2. The van der Waals surface area contributed by atoms with Crippen molar-refractivity contribution in [3.8, 4) is 5.69 Å². The Labute approximate surface area is 105 Å². The van der Waals surface area contributed by atoms with E-state index in [1.165, 1.54) is 36.6 Å². The van der Waals surface area contributed by atoms with Crippen molar-refractivity contribution in [1.29, 1.82) is 0 Å². The van der Waals surface area contributed by atoms with Crippen LogP contribution in [0.15, 0.2) is 35.4 Å². The zero-order valence-electron chi connectivity index (χ0n) is 9.33. The van der Waals surface area contributed by atoms with Crippen LogP contribution < -0.4 is 0 Å². The van der Waals surface area contributed by atoms with Crippen molar-refractivity contribution in [1.82, 2.24) is 9.78 Å². The molecule has 1 unspecified atom stereocenters. The molecule has 0 saturated heterocycles. The van der Waals surface area contributed by atoms with Gasteiger partial charge in [-0.2, -0.15) is 0 Å². The summed E-state index contributed by atoms with van der Waals surface area (Å²) in [6.07, 6.45) is 1.41. The van der Waals surface area contributed by atoms with Crippen molar-refractivity contribution in [2.45, 2.75) is 5.03 Å². The van der Waals surface area contributed by atoms with Crippen LogP contribution in [0.1, 0.15) is 10.5 Å². The Bertz CT molecular complexity index is 580. The molecule has 0 amide bonds. The van der Waals surface area contributed by atoms with Crippen molar-refractivity contribution < 1.29 is 18.8 Å². The van der Waals surface area contributed by atoms with Crippen LogP contribution in [-0.2, 0) is 11.2 Å². The molecule has 1 atom stereocenters. The Kier molecular flexibility index (Phi) is 3.35. The molecule has 0 fully saturated rings. The monoisotopic (exact) mass is 268 g/mol. The van der Waals surface area contributed by atoms with E-state index in [-0.39, 0.29) is 10.7 Å². The third-order valence-corrected chi connectivity index (χ3v) is 3.06. The first-order chi connectivity index (χ1) is 8.49. The Morgan fingerprint density at radius 2 is 2.06 bits per heavy atom. The number of carbonyl (C=O) groups is 1. The number of benzene rings is 1. The first kappa shape index (κ1) is 12.6. The molecular formula is C11H9FN2O3S. The van der Waals surface area contributed by atoms with E-state index in [9.17, 15) is 13.7 Å². The molecule has 1 heterocycles. The number of aromatic nitrogens is 2. The molecule has 1 N–H and O–H groups in total. The number of aromatic carboxylic acids is 1. The first-order valence-corrected chi connectivity index (χ1v) is 6.47. The van der Waals surface area contributed by atoms with Crippen LogP contribution in [0, 0.1) is 5.82 Å². The molecule has 0 aliphatic rings. The van der Waals surface area contributed by atoms with Crippen molar-refractivity contribution in [3.63, 3.8) is 0 Å². The van der Waals surface area contributed by atoms with Gasteiger partial charge < -0.3 is 9.66 Å². The molecule has 2 aromatic rings. The third kappa shape index (κ3) is 2.36. The predicted molar refractivity (Wildman–Crippen MR) is 62.8 cm³/mol. The second-order valence-electron chi connectivity index (χ2n) is 3.52. The number of rotatable bonds is 3. The van der Waals surface area contributed by atoms with Crippen molar-refractivity contribution >= 4 is 17.1 Å². The van der Waals surface area contributed by atoms with E-state index in [0.717, 1.165) is 4.68 Å². The zero-order chi connectivity index (χ0) is 13.3. The zero-order valence-corrected chi connectivity index (χ0v) is 10.1. The normalized spacial score (nSPS) is 12.4. The van der Waals surface area contributed by atoms with E-state index < -0.39 is 23.0 Å². The average Bonchev–Trinajstić information content (AvgIpc) is 2.75. The third-order valence-electron chi connectivity index (χ3n) is 2.27. The van der Waals surface area contributed by atoms with Crippen LogP contribution in [-0.4, -0.2) is 31.7 Å². The summed E-state index contributed by atoms with van der Waals surface area (Å²) >= 11 is -1.38. The minimum atomic E-state index is -1.38. The summed E-state index contributed by atoms with van der Waals surface area (Å²) in [5.74, 6) is -1.62. The largest absolute Gasteiger partial charge is 0.610 e. The number of carboxylic acid groups (broad SMARTS) is 1. The van der Waals surface area contributed by atoms with Gasteiger partial charge in [-0.05, 0) is 24.3 Å². The summed E-state index contributed by atoms with van der Waals surface area (Å²) in [4.78, 5) is 11.1. The Morgan fingerprint density at radius 1 is 1.44 bits per heavy atom. The average molecular weight is 268 g/mol. The van der Waals surface area contributed by atoms with Gasteiger partial charge in [-0.15, -0.1) is 5.10 Å². The van der Waals surface area contributed by atoms with Gasteiger partial charge >= 0.3 is 5.97 Å². The summed E-state index contributed by atoms with van der Waals surface area (Å²) in [6.45, 7) is 0. The molecule has 1 aromatic heterocycles. The van der Waals surface area contributed by atoms with Crippen LogP contribution in [0.5, 0.6) is 0 Å². The first-order valence-electron chi connectivity index (χ1n) is 4.92. The fourth-order valence-electron chi connectivity index (χ4n) is 1.43. The molecule has 0 aliphatic heterocycles. The molecule has 1 aromatic carbocycles. The number of hydrogen-bond acceptors (Lipinski definition) is 3. The Hall–Kier alpha value is -1.86. The van der Waals surface area contributed by atoms with Gasteiger partial charge in [0.25, 0.3) is 5.03 Å². The lowest BCUT2D eigenvalue weighted by molar-refractivity contribution is 0.0687. The highest BCUT2D eigenvalue weighted by molar-refractivity contribution is 7.90. The number of carboxylic acids is 1. The molecular weight excluding hydrogens is 259 g/mol. The maximum absolute atomic E-state index is 12.8. The number of nitrogens with zero attached hydrogens (tertiary/aromatic N) is 2. The summed E-state index contributed by atoms with van der Waals surface area (Å²) in [5.41, 5.74) is 0.275. The van der Waals surface area contributed by atoms with E-state index in [1.54, 1.807) is 0 Å². The van der Waals surface area contributed by atoms with Crippen LogP contribution in [0.4, 0.5) is 4.39 Å². The Balaban J connectivity index is 2.55. The van der Waals surface area contributed by atoms with Gasteiger partial charge in [-0.25, -0.2) is 13.9 Å². The highest BCUT2D eigenvalue weighted by Crippen LogP contribution is 2.16. The summed E-state index contributed by atoms with van der Waals surface area (Å²) < 4.78 is 25.2.